The van der Waals surface area contributed by atoms with E-state index in [1.165, 1.54) is 6.07 Å². The van der Waals surface area contributed by atoms with E-state index in [4.69, 9.17) is 37.3 Å². The largest absolute Gasteiger partial charge is 0.491 e. The molecule has 0 radical (unpaired) electrons. The van der Waals surface area contributed by atoms with Crippen LogP contribution in [0.1, 0.15) is 11.3 Å². The van der Waals surface area contributed by atoms with Gasteiger partial charge in [0, 0.05) is 23.3 Å². The molecule has 8 aromatic rings. The molecule has 13 nitrogen and oxygen atoms in total. The van der Waals surface area contributed by atoms with Gasteiger partial charge >= 0.3 is 0 Å². The van der Waals surface area contributed by atoms with Crippen LogP contribution in [-0.4, -0.2) is 61.2 Å². The van der Waals surface area contributed by atoms with E-state index >= 15 is 0 Å². The topological polar surface area (TPSA) is 147 Å². The van der Waals surface area contributed by atoms with Crippen molar-refractivity contribution in [2.24, 2.45) is 0 Å². The third-order valence-corrected chi connectivity index (χ3v) is 9.52. The second kappa shape index (κ2) is 20.3. The number of benzene rings is 5. The van der Waals surface area contributed by atoms with Gasteiger partial charge in [-0.1, -0.05) is 78.0 Å². The average Bonchev–Trinajstić information content (AvgIpc) is 3.76. The van der Waals surface area contributed by atoms with E-state index in [9.17, 15) is 9.59 Å². The molecule has 0 unspecified atom stereocenters. The Hall–Kier alpha value is -7.06. The summed E-state index contributed by atoms with van der Waals surface area (Å²) in [4.78, 5) is 26.1. The molecule has 0 spiro atoms. The van der Waals surface area contributed by atoms with Crippen molar-refractivity contribution in [3.05, 3.63) is 171 Å². The molecule has 5 aromatic carbocycles. The summed E-state index contributed by atoms with van der Waals surface area (Å²) in [6.07, 6.45) is 1.82. The van der Waals surface area contributed by atoms with Crippen molar-refractivity contribution < 1.29 is 37.3 Å². The summed E-state index contributed by atoms with van der Waals surface area (Å²) in [5, 5.41) is 9.26. The third-order valence-electron chi connectivity index (χ3n) is 9.52. The summed E-state index contributed by atoms with van der Waals surface area (Å²) in [6, 6.07) is 40.3. The Morgan fingerprint density at radius 3 is 2.05 bits per heavy atom. The minimum Gasteiger partial charge on any atom is -0.491 e. The van der Waals surface area contributed by atoms with Crippen molar-refractivity contribution in [1.29, 1.82) is 0 Å². The zero-order valence-corrected chi connectivity index (χ0v) is 33.3. The lowest BCUT2D eigenvalue weighted by atomic mass is 10.1. The second-order valence-electron chi connectivity index (χ2n) is 13.8. The fraction of sp³-hybridized carbons (Fsp3) is 0.208. The molecule has 0 bridgehead atoms. The highest BCUT2D eigenvalue weighted by Crippen LogP contribution is 2.32. The van der Waals surface area contributed by atoms with Crippen molar-refractivity contribution in [3.63, 3.8) is 0 Å². The van der Waals surface area contributed by atoms with E-state index in [2.05, 4.69) is 10.3 Å². The van der Waals surface area contributed by atoms with Gasteiger partial charge in [-0.05, 0) is 54.1 Å². The lowest BCUT2D eigenvalue weighted by Gasteiger charge is -2.12. The van der Waals surface area contributed by atoms with Gasteiger partial charge in [0.1, 0.15) is 53.9 Å². The van der Waals surface area contributed by atoms with Gasteiger partial charge in [0.25, 0.3) is 0 Å². The smallest absolute Gasteiger partial charge is 0.235 e. The van der Waals surface area contributed by atoms with Gasteiger partial charge in [0.15, 0.2) is 11.2 Å². The van der Waals surface area contributed by atoms with Gasteiger partial charge in [-0.25, -0.2) is 4.68 Å². The summed E-state index contributed by atoms with van der Waals surface area (Å²) in [6.45, 7) is 3.70. The van der Waals surface area contributed by atoms with Gasteiger partial charge in [-0.15, -0.1) is 5.10 Å². The van der Waals surface area contributed by atoms with E-state index in [-0.39, 0.29) is 29.8 Å². The maximum Gasteiger partial charge on any atom is 0.235 e. The fourth-order valence-corrected chi connectivity index (χ4v) is 6.46. The number of ether oxygens (including phenoxy) is 6. The predicted octanol–water partition coefficient (Wildman–Crippen LogP) is 8.11. The SMILES string of the molecule is O=c1cc(-c2ccccc2)oc2cc(OCCOCc3cn(CCOCCOCCOc4ccc(-c5oc6ccccc6c(=O)c5OCc5ccccc5)cc4)nn3)ccc12. The van der Waals surface area contributed by atoms with Crippen LogP contribution < -0.4 is 25.1 Å². The van der Waals surface area contributed by atoms with Crippen LogP contribution in [0.5, 0.6) is 17.2 Å². The molecule has 61 heavy (non-hydrogen) atoms. The highest BCUT2D eigenvalue weighted by molar-refractivity contribution is 5.82. The first-order valence-corrected chi connectivity index (χ1v) is 19.9. The van der Waals surface area contributed by atoms with Crippen molar-refractivity contribution in [1.82, 2.24) is 15.0 Å². The quantitative estimate of drug-likeness (QED) is 0.0646. The molecule has 0 aliphatic carbocycles. The maximum atomic E-state index is 13.4. The van der Waals surface area contributed by atoms with Crippen LogP contribution >= 0.6 is 0 Å². The summed E-state index contributed by atoms with van der Waals surface area (Å²) in [5.41, 5.74) is 3.77. The Morgan fingerprint density at radius 2 is 1.23 bits per heavy atom. The van der Waals surface area contributed by atoms with E-state index < -0.39 is 0 Å². The van der Waals surface area contributed by atoms with Crippen LogP contribution in [0.25, 0.3) is 44.6 Å². The van der Waals surface area contributed by atoms with Crippen LogP contribution in [0.3, 0.4) is 0 Å². The van der Waals surface area contributed by atoms with Gasteiger partial charge in [-0.3, -0.25) is 9.59 Å². The molecule has 0 atom stereocenters. The molecule has 310 valence electrons. The zero-order valence-electron chi connectivity index (χ0n) is 33.3. The number of hydrogen-bond acceptors (Lipinski definition) is 12. The average molecular weight is 822 g/mol. The monoisotopic (exact) mass is 821 g/mol. The standard InChI is InChI=1S/C48H43N3O10/c52-42-30-44(35-11-5-2-6-12-35)60-45-29-39(19-20-40(42)45)58-28-26-56-33-37-31-51(50-49-37)21-22-54-23-24-55-25-27-57-38-17-15-36(16-18-38)47-48(59-32-34-9-3-1-4-10-34)46(53)41-13-7-8-14-43(41)61-47/h1-20,29-31H,21-28,32-33H2. The molecule has 0 saturated carbocycles. The van der Waals surface area contributed by atoms with E-state index in [0.29, 0.717) is 109 Å². The predicted molar refractivity (Wildman–Crippen MR) is 229 cm³/mol. The van der Waals surface area contributed by atoms with Gasteiger partial charge in [0.05, 0.1) is 63.2 Å². The van der Waals surface area contributed by atoms with Crippen molar-refractivity contribution in [3.8, 4) is 39.9 Å². The lowest BCUT2D eigenvalue weighted by Crippen LogP contribution is -2.13. The molecule has 8 rings (SSSR count). The normalized spacial score (nSPS) is 11.3. The molecule has 0 amide bonds. The van der Waals surface area contributed by atoms with Crippen LogP contribution in [-0.2, 0) is 34.0 Å². The first kappa shape index (κ1) is 40.7. The van der Waals surface area contributed by atoms with E-state index in [1.807, 2.05) is 97.2 Å². The molecule has 3 heterocycles. The van der Waals surface area contributed by atoms with Crippen LogP contribution in [0.4, 0.5) is 0 Å². The summed E-state index contributed by atoms with van der Waals surface area (Å²) in [5.74, 6) is 2.26. The number of aromatic nitrogens is 3. The molecular weight excluding hydrogens is 779 g/mol. The van der Waals surface area contributed by atoms with Gasteiger partial charge < -0.3 is 37.3 Å². The van der Waals surface area contributed by atoms with E-state index in [0.717, 1.165) is 11.1 Å². The molecule has 0 aliphatic rings. The summed E-state index contributed by atoms with van der Waals surface area (Å²) < 4.78 is 48.8. The lowest BCUT2D eigenvalue weighted by molar-refractivity contribution is 0.0333. The van der Waals surface area contributed by atoms with Crippen LogP contribution in [0, 0.1) is 0 Å². The Kier molecular flexibility index (Phi) is 13.5. The minimum absolute atomic E-state index is 0.111. The maximum absolute atomic E-state index is 13.4. The van der Waals surface area contributed by atoms with Crippen molar-refractivity contribution >= 4 is 21.9 Å². The Balaban J connectivity index is 0.701. The summed E-state index contributed by atoms with van der Waals surface area (Å²) in [7, 11) is 0. The van der Waals surface area contributed by atoms with Gasteiger partial charge in [0.2, 0.25) is 11.2 Å². The second-order valence-corrected chi connectivity index (χ2v) is 13.8. The third kappa shape index (κ3) is 10.8. The first-order chi connectivity index (χ1) is 30.1. The van der Waals surface area contributed by atoms with Gasteiger partial charge in [-0.2, -0.15) is 0 Å². The number of fused-ring (bicyclic) bond motifs is 2. The molecule has 0 aliphatic heterocycles. The number of rotatable bonds is 21. The zero-order chi connectivity index (χ0) is 41.6. The highest BCUT2D eigenvalue weighted by atomic mass is 16.5. The van der Waals surface area contributed by atoms with Crippen LogP contribution in [0.15, 0.2) is 158 Å². The summed E-state index contributed by atoms with van der Waals surface area (Å²) >= 11 is 0. The number of hydrogen-bond donors (Lipinski definition) is 0. The van der Waals surface area contributed by atoms with Crippen LogP contribution in [0.2, 0.25) is 0 Å². The molecular formula is C48H43N3O10. The molecule has 3 aromatic heterocycles. The molecule has 0 N–H and O–H groups in total. The number of nitrogens with zero attached hydrogens (tertiary/aromatic N) is 3. The Bertz CT molecular complexity index is 2770. The van der Waals surface area contributed by atoms with Crippen molar-refractivity contribution in [2.75, 3.05) is 46.2 Å². The molecule has 13 heteroatoms. The first-order valence-electron chi connectivity index (χ1n) is 19.9. The Labute approximate surface area is 350 Å². The number of para-hydroxylation sites is 1. The van der Waals surface area contributed by atoms with E-state index in [1.54, 1.807) is 41.1 Å². The molecule has 0 saturated heterocycles. The molecule has 0 fully saturated rings. The van der Waals surface area contributed by atoms with Crippen molar-refractivity contribution in [2.45, 2.75) is 19.8 Å². The Morgan fingerprint density at radius 1 is 0.541 bits per heavy atom. The minimum atomic E-state index is -0.223. The highest BCUT2D eigenvalue weighted by Gasteiger charge is 2.18. The fourth-order valence-electron chi connectivity index (χ4n) is 6.46.